The van der Waals surface area contributed by atoms with Gasteiger partial charge in [0.2, 0.25) is 0 Å². The van der Waals surface area contributed by atoms with E-state index in [-0.39, 0.29) is 17.7 Å². The molecule has 1 aliphatic rings. The molecule has 0 saturated carbocycles. The van der Waals surface area contributed by atoms with Crippen LogP contribution in [0.2, 0.25) is 0 Å². The van der Waals surface area contributed by atoms with E-state index < -0.39 is 0 Å². The smallest absolute Gasteiger partial charge is 0.257 e. The van der Waals surface area contributed by atoms with Crippen LogP contribution in [0, 0.1) is 0 Å². The molecule has 1 atom stereocenters. The monoisotopic (exact) mass is 361 g/mol. The first-order valence-electron chi connectivity index (χ1n) is 5.49. The molecule has 17 heavy (non-hydrogen) atoms. The summed E-state index contributed by atoms with van der Waals surface area (Å²) in [6.07, 6.45) is 2.05. The summed E-state index contributed by atoms with van der Waals surface area (Å²) in [5.74, 6) is -0.0541. The van der Waals surface area contributed by atoms with Crippen LogP contribution in [0.3, 0.4) is 0 Å². The Kier molecular flexibility index (Phi) is 4.09. The van der Waals surface area contributed by atoms with Crippen molar-refractivity contribution >= 4 is 37.8 Å². The molecule has 0 radical (unpaired) electrons. The average Bonchev–Trinajstić information content (AvgIpc) is 2.76. The minimum atomic E-state index is -0.0862. The van der Waals surface area contributed by atoms with Crippen molar-refractivity contribution in [2.24, 2.45) is 0 Å². The number of rotatable bonds is 2. The van der Waals surface area contributed by atoms with Crippen molar-refractivity contribution in [3.63, 3.8) is 0 Å². The van der Waals surface area contributed by atoms with Gasteiger partial charge >= 0.3 is 0 Å². The number of carbonyl (C=O) groups excluding carboxylic acids is 1. The first-order chi connectivity index (χ1) is 8.13. The highest BCUT2D eigenvalue weighted by Crippen LogP contribution is 2.27. The van der Waals surface area contributed by atoms with Crippen molar-refractivity contribution in [3.8, 4) is 5.75 Å². The van der Waals surface area contributed by atoms with Crippen LogP contribution in [-0.2, 0) is 0 Å². The molecule has 1 fully saturated rings. The zero-order valence-corrected chi connectivity index (χ0v) is 12.4. The van der Waals surface area contributed by atoms with Crippen molar-refractivity contribution in [3.05, 3.63) is 28.2 Å². The average molecular weight is 363 g/mol. The Morgan fingerprint density at radius 3 is 2.94 bits per heavy atom. The summed E-state index contributed by atoms with van der Waals surface area (Å²) in [5, 5.41) is 10.6. The van der Waals surface area contributed by atoms with Crippen LogP contribution >= 0.6 is 31.9 Å². The fourth-order valence-electron chi connectivity index (χ4n) is 2.10. The van der Waals surface area contributed by atoms with E-state index in [4.69, 9.17) is 0 Å². The second-order valence-electron chi connectivity index (χ2n) is 4.11. The molecule has 1 N–H and O–H groups in total. The summed E-state index contributed by atoms with van der Waals surface area (Å²) in [7, 11) is 0. The quantitative estimate of drug-likeness (QED) is 0.821. The van der Waals surface area contributed by atoms with Gasteiger partial charge in [-0.2, -0.15) is 0 Å². The number of likely N-dealkylation sites (tertiary alicyclic amines) is 1. The second kappa shape index (κ2) is 5.40. The first-order valence-corrected chi connectivity index (χ1v) is 7.40. The highest BCUT2D eigenvalue weighted by Gasteiger charge is 2.29. The molecule has 1 aromatic rings. The molecule has 92 valence electrons. The fraction of sp³-hybridized carbons (Fsp3) is 0.417. The number of alkyl halides is 1. The summed E-state index contributed by atoms with van der Waals surface area (Å²) < 4.78 is 0.769. The Balaban J connectivity index is 2.24. The van der Waals surface area contributed by atoms with E-state index in [9.17, 15) is 9.90 Å². The van der Waals surface area contributed by atoms with E-state index >= 15 is 0 Å². The molecule has 1 aliphatic heterocycles. The SMILES string of the molecule is O=C(c1ccc(Br)cc1O)N1CCCC1CBr. The Bertz CT molecular complexity index is 437. The molecule has 2 rings (SSSR count). The lowest BCUT2D eigenvalue weighted by Crippen LogP contribution is -2.36. The number of nitrogens with zero attached hydrogens (tertiary/aromatic N) is 1. The van der Waals surface area contributed by atoms with Crippen LogP contribution in [0.5, 0.6) is 5.75 Å². The summed E-state index contributed by atoms with van der Waals surface area (Å²) in [5.41, 5.74) is 0.376. The molecule has 5 heteroatoms. The van der Waals surface area contributed by atoms with Crippen molar-refractivity contribution in [2.45, 2.75) is 18.9 Å². The minimum Gasteiger partial charge on any atom is -0.507 e. The van der Waals surface area contributed by atoms with E-state index in [1.165, 1.54) is 0 Å². The van der Waals surface area contributed by atoms with Crippen LogP contribution in [0.15, 0.2) is 22.7 Å². The van der Waals surface area contributed by atoms with Crippen molar-refractivity contribution in [2.75, 3.05) is 11.9 Å². The Morgan fingerprint density at radius 1 is 1.53 bits per heavy atom. The van der Waals surface area contributed by atoms with Gasteiger partial charge in [0.25, 0.3) is 5.91 Å². The number of phenols is 1. The van der Waals surface area contributed by atoms with E-state index in [0.29, 0.717) is 5.56 Å². The molecule has 0 spiro atoms. The molecule has 1 saturated heterocycles. The number of aromatic hydroxyl groups is 1. The molecule has 1 unspecified atom stereocenters. The minimum absolute atomic E-state index is 0.0320. The van der Waals surface area contributed by atoms with Crippen LogP contribution in [0.25, 0.3) is 0 Å². The fourth-order valence-corrected chi connectivity index (χ4v) is 3.13. The highest BCUT2D eigenvalue weighted by atomic mass is 79.9. The predicted octanol–water partition coefficient (Wildman–Crippen LogP) is 3.15. The summed E-state index contributed by atoms with van der Waals surface area (Å²) in [4.78, 5) is 14.1. The number of hydrogen-bond acceptors (Lipinski definition) is 2. The lowest BCUT2D eigenvalue weighted by atomic mass is 10.1. The highest BCUT2D eigenvalue weighted by molar-refractivity contribution is 9.10. The van der Waals surface area contributed by atoms with E-state index in [1.54, 1.807) is 18.2 Å². The van der Waals surface area contributed by atoms with Gasteiger partial charge in [0.05, 0.1) is 5.56 Å². The summed E-state index contributed by atoms with van der Waals surface area (Å²) in [6.45, 7) is 0.768. The molecule has 0 aliphatic carbocycles. The van der Waals surface area contributed by atoms with Gasteiger partial charge < -0.3 is 10.0 Å². The number of hydrogen-bond donors (Lipinski definition) is 1. The lowest BCUT2D eigenvalue weighted by molar-refractivity contribution is 0.0747. The molecule has 1 heterocycles. The first kappa shape index (κ1) is 12.9. The van der Waals surface area contributed by atoms with Gasteiger partial charge in [-0.25, -0.2) is 0 Å². The maximum Gasteiger partial charge on any atom is 0.257 e. The number of halogens is 2. The van der Waals surface area contributed by atoms with Crippen LogP contribution in [0.4, 0.5) is 0 Å². The van der Waals surface area contributed by atoms with Gasteiger partial charge in [0.1, 0.15) is 5.75 Å². The topological polar surface area (TPSA) is 40.5 Å². The molecular weight excluding hydrogens is 350 g/mol. The standard InChI is InChI=1S/C12H13Br2NO2/c13-7-9-2-1-5-15(9)12(17)10-4-3-8(14)6-11(10)16/h3-4,6,9,16H,1-2,5,7H2. The van der Waals surface area contributed by atoms with Gasteiger partial charge in [0, 0.05) is 22.4 Å². The molecule has 1 aromatic carbocycles. The number of benzene rings is 1. The normalized spacial score (nSPS) is 19.6. The van der Waals surface area contributed by atoms with Crippen LogP contribution < -0.4 is 0 Å². The second-order valence-corrected chi connectivity index (χ2v) is 5.67. The molecule has 3 nitrogen and oxygen atoms in total. The third-order valence-electron chi connectivity index (χ3n) is 3.01. The molecule has 0 bridgehead atoms. The van der Waals surface area contributed by atoms with Gasteiger partial charge in [-0.15, -0.1) is 0 Å². The predicted molar refractivity (Wildman–Crippen MR) is 73.7 cm³/mol. The number of phenolic OH excluding ortho intramolecular Hbond substituents is 1. The van der Waals surface area contributed by atoms with E-state index in [2.05, 4.69) is 31.9 Å². The summed E-state index contributed by atoms with van der Waals surface area (Å²) in [6, 6.07) is 5.22. The zero-order valence-electron chi connectivity index (χ0n) is 9.20. The van der Waals surface area contributed by atoms with Crippen LogP contribution in [-0.4, -0.2) is 33.8 Å². The molecule has 1 amide bonds. The van der Waals surface area contributed by atoms with Gasteiger partial charge in [-0.05, 0) is 31.0 Å². The third-order valence-corrected chi connectivity index (χ3v) is 4.25. The van der Waals surface area contributed by atoms with Gasteiger partial charge in [-0.3, -0.25) is 4.79 Å². The van der Waals surface area contributed by atoms with Crippen LogP contribution in [0.1, 0.15) is 23.2 Å². The van der Waals surface area contributed by atoms with E-state index in [0.717, 1.165) is 29.2 Å². The molecular formula is C12H13Br2NO2. The number of carbonyl (C=O) groups is 1. The maximum atomic E-state index is 12.3. The molecule has 0 aromatic heterocycles. The third kappa shape index (κ3) is 2.65. The Morgan fingerprint density at radius 2 is 2.29 bits per heavy atom. The van der Waals surface area contributed by atoms with E-state index in [1.807, 2.05) is 4.90 Å². The van der Waals surface area contributed by atoms with Crippen molar-refractivity contribution < 1.29 is 9.90 Å². The lowest BCUT2D eigenvalue weighted by Gasteiger charge is -2.23. The van der Waals surface area contributed by atoms with Gasteiger partial charge in [0.15, 0.2) is 0 Å². The van der Waals surface area contributed by atoms with Gasteiger partial charge in [-0.1, -0.05) is 31.9 Å². The Hall–Kier alpha value is -0.550. The largest absolute Gasteiger partial charge is 0.507 e. The number of amides is 1. The maximum absolute atomic E-state index is 12.3. The van der Waals surface area contributed by atoms with Crippen molar-refractivity contribution in [1.82, 2.24) is 4.90 Å². The van der Waals surface area contributed by atoms with Crippen molar-refractivity contribution in [1.29, 1.82) is 0 Å². The summed E-state index contributed by atoms with van der Waals surface area (Å²) >= 11 is 6.69. The Labute approximate surface area is 117 Å². The zero-order chi connectivity index (χ0) is 12.4.